The normalized spacial score (nSPS) is 29.5. The highest BCUT2D eigenvalue weighted by Gasteiger charge is 2.47. The first kappa shape index (κ1) is 19.2. The number of hydrogen-bond donors (Lipinski definition) is 3. The number of amides is 2. The van der Waals surface area contributed by atoms with Gasteiger partial charge in [-0.15, -0.1) is 0 Å². The quantitative estimate of drug-likeness (QED) is 0.725. The third kappa shape index (κ3) is 3.48. The summed E-state index contributed by atoms with van der Waals surface area (Å²) in [7, 11) is 0. The fourth-order valence-electron chi connectivity index (χ4n) is 5.19. The van der Waals surface area contributed by atoms with E-state index in [0.717, 1.165) is 38.0 Å². The fourth-order valence-corrected chi connectivity index (χ4v) is 5.19. The second-order valence-electron chi connectivity index (χ2n) is 8.76. The summed E-state index contributed by atoms with van der Waals surface area (Å²) >= 11 is 0. The maximum atomic E-state index is 12.7. The van der Waals surface area contributed by atoms with Gasteiger partial charge in [-0.2, -0.15) is 0 Å². The molecule has 1 aromatic heterocycles. The number of fused-ring (bicyclic) bond motifs is 4. The van der Waals surface area contributed by atoms with E-state index >= 15 is 0 Å². The molecule has 3 aliphatic rings. The summed E-state index contributed by atoms with van der Waals surface area (Å²) < 4.78 is 0. The smallest absolute Gasteiger partial charge is 0.261 e. The van der Waals surface area contributed by atoms with Gasteiger partial charge in [0, 0.05) is 31.2 Å². The topological polar surface area (TPSA) is 94.3 Å². The Labute approximate surface area is 165 Å². The minimum absolute atomic E-state index is 0.000168. The maximum Gasteiger partial charge on any atom is 0.261 e. The van der Waals surface area contributed by atoms with Crippen LogP contribution in [-0.4, -0.2) is 53.4 Å². The molecule has 28 heavy (non-hydrogen) atoms. The lowest BCUT2D eigenvalue weighted by Crippen LogP contribution is -2.66. The number of piperidine rings is 3. The van der Waals surface area contributed by atoms with Crippen molar-refractivity contribution in [2.75, 3.05) is 19.6 Å². The van der Waals surface area contributed by atoms with Gasteiger partial charge < -0.3 is 20.5 Å². The molecular weight excluding hydrogens is 356 g/mol. The number of rotatable bonds is 4. The van der Waals surface area contributed by atoms with Gasteiger partial charge in [-0.25, -0.2) is 0 Å². The number of nitrogens with zero attached hydrogens (tertiary/aromatic N) is 1. The maximum absolute atomic E-state index is 12.7. The predicted molar refractivity (Wildman–Crippen MR) is 106 cm³/mol. The summed E-state index contributed by atoms with van der Waals surface area (Å²) in [4.78, 5) is 42.5. The zero-order valence-electron chi connectivity index (χ0n) is 16.7. The zero-order valence-corrected chi connectivity index (χ0v) is 16.7. The first-order valence-electron chi connectivity index (χ1n) is 10.5. The zero-order chi connectivity index (χ0) is 19.8. The highest BCUT2D eigenvalue weighted by molar-refractivity contribution is 5.93. The van der Waals surface area contributed by atoms with E-state index < -0.39 is 0 Å². The number of aromatic amines is 1. The van der Waals surface area contributed by atoms with Gasteiger partial charge in [-0.1, -0.05) is 13.8 Å². The molecule has 3 N–H and O–H groups in total. The minimum atomic E-state index is -0.372. The van der Waals surface area contributed by atoms with E-state index in [9.17, 15) is 14.4 Å². The average Bonchev–Trinajstić information content (AvgIpc) is 2.68. The van der Waals surface area contributed by atoms with Crippen molar-refractivity contribution in [3.05, 3.63) is 33.7 Å². The number of nitrogens with one attached hydrogen (secondary N) is 3. The van der Waals surface area contributed by atoms with E-state index in [2.05, 4.69) is 20.5 Å². The van der Waals surface area contributed by atoms with Crippen LogP contribution < -0.4 is 16.2 Å². The number of H-pyrrole nitrogens is 1. The Bertz CT molecular complexity index is 818. The van der Waals surface area contributed by atoms with Crippen molar-refractivity contribution in [2.24, 2.45) is 11.8 Å². The summed E-state index contributed by atoms with van der Waals surface area (Å²) in [5, 5.41) is 6.44. The summed E-state index contributed by atoms with van der Waals surface area (Å²) in [6, 6.07) is 3.67. The van der Waals surface area contributed by atoms with Gasteiger partial charge in [0.1, 0.15) is 5.56 Å². The van der Waals surface area contributed by atoms with E-state index in [1.807, 2.05) is 13.8 Å². The summed E-state index contributed by atoms with van der Waals surface area (Å²) in [6.07, 6.45) is 3.71. The van der Waals surface area contributed by atoms with Crippen LogP contribution in [0, 0.1) is 11.8 Å². The van der Waals surface area contributed by atoms with E-state index in [4.69, 9.17) is 0 Å². The molecule has 0 spiro atoms. The van der Waals surface area contributed by atoms with E-state index in [0.29, 0.717) is 24.8 Å². The van der Waals surface area contributed by atoms with Crippen LogP contribution in [0.4, 0.5) is 0 Å². The molecule has 0 unspecified atom stereocenters. The second-order valence-corrected chi connectivity index (χ2v) is 8.76. The molecule has 7 nitrogen and oxygen atoms in total. The van der Waals surface area contributed by atoms with Gasteiger partial charge in [0.2, 0.25) is 5.91 Å². The Balaban J connectivity index is 1.49. The van der Waals surface area contributed by atoms with Gasteiger partial charge in [0.05, 0.1) is 6.04 Å². The van der Waals surface area contributed by atoms with E-state index in [1.54, 1.807) is 12.1 Å². The van der Waals surface area contributed by atoms with E-state index in [-0.39, 0.29) is 40.9 Å². The molecule has 3 fully saturated rings. The van der Waals surface area contributed by atoms with Crippen molar-refractivity contribution in [2.45, 2.75) is 57.5 Å². The molecule has 0 aliphatic carbocycles. The Morgan fingerprint density at radius 3 is 2.79 bits per heavy atom. The van der Waals surface area contributed by atoms with E-state index in [1.165, 1.54) is 0 Å². The van der Waals surface area contributed by atoms with Crippen LogP contribution in [0.5, 0.6) is 0 Å². The van der Waals surface area contributed by atoms with Crippen LogP contribution >= 0.6 is 0 Å². The van der Waals surface area contributed by atoms with Gasteiger partial charge in [0.15, 0.2) is 0 Å². The Kier molecular flexibility index (Phi) is 5.27. The Morgan fingerprint density at radius 1 is 1.25 bits per heavy atom. The summed E-state index contributed by atoms with van der Waals surface area (Å²) in [5.74, 6) is 0.899. The highest BCUT2D eigenvalue weighted by atomic mass is 16.2. The van der Waals surface area contributed by atoms with Crippen LogP contribution in [0.15, 0.2) is 16.9 Å². The van der Waals surface area contributed by atoms with Crippen molar-refractivity contribution >= 4 is 11.8 Å². The third-order valence-electron chi connectivity index (χ3n) is 6.67. The molecule has 0 aromatic carbocycles. The van der Waals surface area contributed by atoms with Crippen molar-refractivity contribution in [3.63, 3.8) is 0 Å². The van der Waals surface area contributed by atoms with Gasteiger partial charge in [-0.3, -0.25) is 14.4 Å². The third-order valence-corrected chi connectivity index (χ3v) is 6.67. The van der Waals surface area contributed by atoms with Crippen molar-refractivity contribution in [1.29, 1.82) is 0 Å². The number of carbonyl (C=O) groups is 2. The van der Waals surface area contributed by atoms with Crippen LogP contribution in [0.25, 0.3) is 0 Å². The summed E-state index contributed by atoms with van der Waals surface area (Å²) in [5.41, 5.74) is 0.579. The molecule has 7 heteroatoms. The fraction of sp³-hybridized carbons (Fsp3) is 0.667. The van der Waals surface area contributed by atoms with Crippen molar-refractivity contribution in [3.8, 4) is 0 Å². The first-order chi connectivity index (χ1) is 13.5. The summed E-state index contributed by atoms with van der Waals surface area (Å²) in [6.45, 7) is 6.22. The molecule has 2 bridgehead atoms. The van der Waals surface area contributed by atoms with Crippen LogP contribution in [0.2, 0.25) is 0 Å². The van der Waals surface area contributed by atoms with Crippen LogP contribution in [-0.2, 0) is 4.79 Å². The molecule has 152 valence electrons. The molecule has 0 radical (unpaired) electrons. The molecule has 4 rings (SSSR count). The molecule has 0 saturated carbocycles. The number of pyridine rings is 1. The monoisotopic (exact) mass is 386 g/mol. The highest BCUT2D eigenvalue weighted by Crippen LogP contribution is 2.39. The van der Waals surface area contributed by atoms with Crippen molar-refractivity contribution < 1.29 is 9.59 Å². The lowest BCUT2D eigenvalue weighted by Gasteiger charge is -2.54. The number of carbonyl (C=O) groups excluding carboxylic acids is 2. The van der Waals surface area contributed by atoms with Crippen LogP contribution in [0.3, 0.4) is 0 Å². The molecule has 1 aromatic rings. The Morgan fingerprint density at radius 2 is 2.04 bits per heavy atom. The first-order valence-corrected chi connectivity index (χ1v) is 10.5. The van der Waals surface area contributed by atoms with Crippen LogP contribution in [0.1, 0.15) is 61.5 Å². The average molecular weight is 386 g/mol. The lowest BCUT2D eigenvalue weighted by atomic mass is 9.72. The van der Waals surface area contributed by atoms with Gasteiger partial charge in [0.25, 0.3) is 11.5 Å². The SMILES string of the molecule is CC(C)c1ccc(C(=O)NC[C@H]2[C@@H]3CNC[C@@H](C3)[C@@H]3CCCC(=O)N32)c(=O)[nH]1. The molecular formula is C21H30N4O3. The number of hydrogen-bond acceptors (Lipinski definition) is 4. The van der Waals surface area contributed by atoms with Gasteiger partial charge in [-0.05, 0) is 55.7 Å². The molecule has 2 amide bonds. The second kappa shape index (κ2) is 7.70. The Hall–Kier alpha value is -2.15. The minimum Gasteiger partial charge on any atom is -0.350 e. The lowest BCUT2D eigenvalue weighted by molar-refractivity contribution is -0.148. The standard InChI is InChI=1S/C21H30N4O3/c1-12(2)16-7-6-15(21(28)24-16)20(27)23-11-18-14-8-13(9-22-10-14)17-4-3-5-19(26)25(17)18/h6-7,12-14,17-18,22H,3-5,8-11H2,1-2H3,(H,23,27)(H,24,28)/t13-,14+,17+,18+/m1/s1. The molecule has 4 heterocycles. The van der Waals surface area contributed by atoms with Crippen molar-refractivity contribution in [1.82, 2.24) is 20.5 Å². The number of aromatic nitrogens is 1. The largest absolute Gasteiger partial charge is 0.350 e. The predicted octanol–water partition coefficient (Wildman–Crippen LogP) is 1.22. The van der Waals surface area contributed by atoms with Gasteiger partial charge >= 0.3 is 0 Å². The molecule has 3 saturated heterocycles. The molecule has 4 atom stereocenters. The molecule has 3 aliphatic heterocycles.